The highest BCUT2D eigenvalue weighted by Gasteiger charge is 2.33. The smallest absolute Gasteiger partial charge is 0.338 e. The average Bonchev–Trinajstić information content (AvgIpc) is 3.34. The van der Waals surface area contributed by atoms with Gasteiger partial charge in [0, 0.05) is 14.0 Å². The van der Waals surface area contributed by atoms with Gasteiger partial charge in [0.2, 0.25) is 0 Å². The number of thiazole rings is 1. The average molecular weight is 678 g/mol. The fourth-order valence-electron chi connectivity index (χ4n) is 3.34. The maximum Gasteiger partial charge on any atom is 0.338 e. The van der Waals surface area contributed by atoms with Gasteiger partial charge in [-0.1, -0.05) is 17.4 Å². The van der Waals surface area contributed by atoms with Crippen molar-refractivity contribution >= 4 is 79.9 Å². The molecule has 1 aromatic carbocycles. The normalized spacial score (nSPS) is 16.3. The molecule has 0 radical (unpaired) electrons. The molecule has 3 heterocycles. The summed E-state index contributed by atoms with van der Waals surface area (Å²) in [4.78, 5) is 32.1. The van der Waals surface area contributed by atoms with E-state index in [1.54, 1.807) is 24.5 Å². The van der Waals surface area contributed by atoms with E-state index in [0.717, 1.165) is 8.45 Å². The number of phenols is 1. The topological polar surface area (TPSA) is 80.9 Å². The van der Waals surface area contributed by atoms with Crippen LogP contribution in [-0.4, -0.2) is 22.2 Å². The number of thiophene rings is 1. The Bertz CT molecular complexity index is 1390. The van der Waals surface area contributed by atoms with E-state index in [-0.39, 0.29) is 17.9 Å². The first kappa shape index (κ1) is 22.7. The molecule has 0 saturated carbocycles. The summed E-state index contributed by atoms with van der Waals surface area (Å²) in [5.74, 6) is -0.341. The lowest BCUT2D eigenvalue weighted by atomic mass is 10.0. The maximum atomic E-state index is 13.5. The number of aromatic hydroxyl groups is 1. The van der Waals surface area contributed by atoms with E-state index in [1.807, 2.05) is 29.6 Å². The second kappa shape index (κ2) is 9.16. The third kappa shape index (κ3) is 4.26. The lowest BCUT2D eigenvalue weighted by Crippen LogP contribution is -2.39. The number of phenolic OH excluding ortho intramolecular Hbond substituents is 1. The van der Waals surface area contributed by atoms with Gasteiger partial charge in [-0.25, -0.2) is 9.79 Å². The minimum Gasteiger partial charge on any atom is -0.506 e. The number of allylic oxidation sites excluding steroid dienone is 1. The minimum atomic E-state index is -0.595. The maximum absolute atomic E-state index is 13.5. The molecule has 1 aliphatic rings. The fourth-order valence-corrected chi connectivity index (χ4v) is 7.10. The monoisotopic (exact) mass is 678 g/mol. The van der Waals surface area contributed by atoms with Gasteiger partial charge in [0.25, 0.3) is 5.56 Å². The summed E-state index contributed by atoms with van der Waals surface area (Å²) in [6.45, 7) is 3.75. The molecule has 0 amide bonds. The number of halogens is 2. The molecule has 2 aromatic heterocycles. The van der Waals surface area contributed by atoms with E-state index in [0.29, 0.717) is 29.7 Å². The van der Waals surface area contributed by atoms with Crippen LogP contribution in [-0.2, 0) is 9.53 Å². The van der Waals surface area contributed by atoms with E-state index in [9.17, 15) is 14.7 Å². The quantitative estimate of drug-likeness (QED) is 0.337. The van der Waals surface area contributed by atoms with Crippen LogP contribution in [0.25, 0.3) is 6.08 Å². The van der Waals surface area contributed by atoms with Crippen LogP contribution in [0.2, 0.25) is 0 Å². The van der Waals surface area contributed by atoms with Crippen molar-refractivity contribution in [1.29, 1.82) is 0 Å². The van der Waals surface area contributed by atoms with Crippen LogP contribution in [0, 0.1) is 7.14 Å². The lowest BCUT2D eigenvalue weighted by molar-refractivity contribution is -0.139. The Morgan fingerprint density at radius 2 is 2.16 bits per heavy atom. The van der Waals surface area contributed by atoms with Crippen molar-refractivity contribution in [3.8, 4) is 5.75 Å². The number of fused-ring (bicyclic) bond motifs is 1. The zero-order valence-corrected chi connectivity index (χ0v) is 22.3. The SMILES string of the molecule is CCOC(=O)C1=C(C)N=c2s/c(=C\c3cc(I)cc(I)c3O)c(=O)n2[C@@H]1c1cccs1. The summed E-state index contributed by atoms with van der Waals surface area (Å²) in [5, 5.41) is 12.4. The molecule has 0 unspecified atom stereocenters. The van der Waals surface area contributed by atoms with E-state index in [2.05, 4.69) is 50.2 Å². The molecule has 160 valence electrons. The van der Waals surface area contributed by atoms with Crippen LogP contribution in [0.1, 0.15) is 30.3 Å². The highest BCUT2D eigenvalue weighted by Crippen LogP contribution is 2.33. The molecular formula is C21H16I2N2O4S2. The first-order valence-corrected chi connectivity index (χ1v) is 13.1. The predicted octanol–water partition coefficient (Wildman–Crippen LogP) is 3.77. The molecule has 1 atom stereocenters. The Balaban J connectivity index is 1.97. The molecule has 4 rings (SSSR count). The first-order chi connectivity index (χ1) is 14.8. The van der Waals surface area contributed by atoms with Crippen molar-refractivity contribution in [2.24, 2.45) is 4.99 Å². The molecule has 3 aromatic rings. The standard InChI is InChI=1S/C21H16I2N2O4S2/c1-3-29-20(28)16-10(2)24-21-25(17(16)14-5-4-6-30-14)19(27)15(31-21)8-11-7-12(22)9-13(23)18(11)26/h4-9,17,26H,3H2,1-2H3/b15-8-/t17-/m1/s1. The molecule has 0 saturated heterocycles. The van der Waals surface area contributed by atoms with Crippen LogP contribution in [0.4, 0.5) is 0 Å². The zero-order chi connectivity index (χ0) is 22.3. The molecular weight excluding hydrogens is 662 g/mol. The highest BCUT2D eigenvalue weighted by molar-refractivity contribution is 14.1. The zero-order valence-electron chi connectivity index (χ0n) is 16.4. The van der Waals surface area contributed by atoms with Gasteiger partial charge in [-0.15, -0.1) is 11.3 Å². The molecule has 0 spiro atoms. The number of rotatable bonds is 4. The van der Waals surface area contributed by atoms with Gasteiger partial charge < -0.3 is 9.84 Å². The molecule has 0 bridgehead atoms. The second-order valence-corrected chi connectivity index (χ2v) is 11.0. The van der Waals surface area contributed by atoms with Crippen molar-refractivity contribution in [2.45, 2.75) is 19.9 Å². The summed E-state index contributed by atoms with van der Waals surface area (Å²) >= 11 is 6.95. The third-order valence-corrected chi connectivity index (χ3v) is 8.03. The Kier molecular flexibility index (Phi) is 6.70. The van der Waals surface area contributed by atoms with Gasteiger partial charge in [-0.05, 0) is 88.7 Å². The Hall–Kier alpha value is -1.51. The van der Waals surface area contributed by atoms with Crippen molar-refractivity contribution in [3.63, 3.8) is 0 Å². The van der Waals surface area contributed by atoms with Crippen molar-refractivity contribution in [3.05, 3.63) is 78.2 Å². The molecule has 1 aliphatic heterocycles. The van der Waals surface area contributed by atoms with Gasteiger partial charge in [0.15, 0.2) is 4.80 Å². The number of hydrogen-bond acceptors (Lipinski definition) is 7. The Labute approximate surface area is 212 Å². The summed E-state index contributed by atoms with van der Waals surface area (Å²) in [5.41, 5.74) is 1.21. The van der Waals surface area contributed by atoms with Gasteiger partial charge >= 0.3 is 5.97 Å². The minimum absolute atomic E-state index is 0.130. The van der Waals surface area contributed by atoms with E-state index in [4.69, 9.17) is 4.74 Å². The van der Waals surface area contributed by atoms with E-state index < -0.39 is 12.0 Å². The fraction of sp³-hybridized carbons (Fsp3) is 0.190. The largest absolute Gasteiger partial charge is 0.506 e. The number of hydrogen-bond donors (Lipinski definition) is 1. The first-order valence-electron chi connectivity index (χ1n) is 9.23. The second-order valence-electron chi connectivity index (χ2n) is 6.64. The Morgan fingerprint density at radius 3 is 2.84 bits per heavy atom. The van der Waals surface area contributed by atoms with Gasteiger partial charge in [0.05, 0.1) is 26.0 Å². The van der Waals surface area contributed by atoms with Gasteiger partial charge in [-0.3, -0.25) is 9.36 Å². The number of carbonyl (C=O) groups is 1. The number of ether oxygens (including phenoxy) is 1. The Morgan fingerprint density at radius 1 is 1.39 bits per heavy atom. The molecule has 0 fully saturated rings. The molecule has 1 N–H and O–H groups in total. The van der Waals surface area contributed by atoms with Crippen LogP contribution in [0.15, 0.2) is 50.7 Å². The number of nitrogens with zero attached hydrogens (tertiary/aromatic N) is 2. The van der Waals surface area contributed by atoms with Crippen molar-refractivity contribution < 1.29 is 14.6 Å². The van der Waals surface area contributed by atoms with Gasteiger partial charge in [0.1, 0.15) is 11.8 Å². The van der Waals surface area contributed by atoms with E-state index in [1.165, 1.54) is 22.7 Å². The van der Waals surface area contributed by atoms with Crippen LogP contribution in [0.3, 0.4) is 0 Å². The van der Waals surface area contributed by atoms with Crippen LogP contribution >= 0.6 is 67.9 Å². The highest BCUT2D eigenvalue weighted by atomic mass is 127. The van der Waals surface area contributed by atoms with Crippen LogP contribution in [0.5, 0.6) is 5.75 Å². The summed E-state index contributed by atoms with van der Waals surface area (Å²) in [7, 11) is 0. The number of aromatic nitrogens is 1. The summed E-state index contributed by atoms with van der Waals surface area (Å²) in [6, 6.07) is 6.88. The molecule has 0 aliphatic carbocycles. The molecule has 31 heavy (non-hydrogen) atoms. The summed E-state index contributed by atoms with van der Waals surface area (Å²) < 4.78 is 8.93. The number of carbonyl (C=O) groups excluding carboxylic acids is 1. The van der Waals surface area contributed by atoms with Crippen molar-refractivity contribution in [2.75, 3.05) is 6.61 Å². The number of benzene rings is 1. The van der Waals surface area contributed by atoms with Crippen molar-refractivity contribution in [1.82, 2.24) is 4.57 Å². The van der Waals surface area contributed by atoms with E-state index >= 15 is 0 Å². The lowest BCUT2D eigenvalue weighted by Gasteiger charge is -2.23. The predicted molar refractivity (Wildman–Crippen MR) is 138 cm³/mol. The van der Waals surface area contributed by atoms with Gasteiger partial charge in [-0.2, -0.15) is 0 Å². The molecule has 6 nitrogen and oxygen atoms in total. The third-order valence-electron chi connectivity index (χ3n) is 4.67. The van der Waals surface area contributed by atoms with Crippen LogP contribution < -0.4 is 14.9 Å². The number of esters is 1. The summed E-state index contributed by atoms with van der Waals surface area (Å²) in [6.07, 6.45) is 1.68. The molecule has 10 heteroatoms.